The van der Waals surface area contributed by atoms with Gasteiger partial charge in [0.1, 0.15) is 11.6 Å². The zero-order valence-corrected chi connectivity index (χ0v) is 13.9. The molecule has 0 bridgehead atoms. The fourth-order valence-corrected chi connectivity index (χ4v) is 3.60. The molecule has 1 aliphatic carbocycles. The van der Waals surface area contributed by atoms with Crippen molar-refractivity contribution in [1.29, 1.82) is 0 Å². The normalized spacial score (nSPS) is 22.6. The minimum atomic E-state index is -0.238. The van der Waals surface area contributed by atoms with Gasteiger partial charge in [-0.3, -0.25) is 4.79 Å². The predicted molar refractivity (Wildman–Crippen MR) is 86.8 cm³/mol. The van der Waals surface area contributed by atoms with Crippen LogP contribution >= 0.6 is 0 Å². The van der Waals surface area contributed by atoms with Gasteiger partial charge in [-0.25, -0.2) is 4.39 Å². The van der Waals surface area contributed by atoms with E-state index in [1.54, 1.807) is 12.1 Å². The number of carbonyl (C=O) groups excluding carboxylic acids is 1. The first-order valence-corrected chi connectivity index (χ1v) is 8.51. The van der Waals surface area contributed by atoms with Gasteiger partial charge in [0.15, 0.2) is 5.82 Å². The lowest BCUT2D eigenvalue weighted by molar-refractivity contribution is -0.134. The van der Waals surface area contributed by atoms with Crippen LogP contribution in [0.1, 0.15) is 49.3 Å². The van der Waals surface area contributed by atoms with Gasteiger partial charge in [0.05, 0.1) is 6.54 Å². The summed E-state index contributed by atoms with van der Waals surface area (Å²) in [7, 11) is 0. The third-order valence-corrected chi connectivity index (χ3v) is 4.99. The zero-order valence-electron chi connectivity index (χ0n) is 13.9. The van der Waals surface area contributed by atoms with Gasteiger partial charge < -0.3 is 9.47 Å². The molecule has 1 saturated carbocycles. The number of benzene rings is 1. The van der Waals surface area contributed by atoms with Gasteiger partial charge in [-0.1, -0.05) is 26.0 Å². The molecule has 0 unspecified atom stereocenters. The van der Waals surface area contributed by atoms with E-state index in [1.165, 1.54) is 6.07 Å². The Morgan fingerprint density at radius 3 is 2.88 bits per heavy atom. The summed E-state index contributed by atoms with van der Waals surface area (Å²) < 4.78 is 15.5. The third kappa shape index (κ3) is 2.60. The van der Waals surface area contributed by atoms with Crippen LogP contribution in [0.15, 0.2) is 24.3 Å². The lowest BCUT2D eigenvalue weighted by Gasteiger charge is -2.28. The van der Waals surface area contributed by atoms with Crippen molar-refractivity contribution in [3.8, 4) is 0 Å². The minimum absolute atomic E-state index is 0.0224. The number of carbonyl (C=O) groups is 1. The first-order valence-electron chi connectivity index (χ1n) is 8.51. The predicted octanol–water partition coefficient (Wildman–Crippen LogP) is 2.69. The van der Waals surface area contributed by atoms with Crippen LogP contribution in [0, 0.1) is 11.7 Å². The summed E-state index contributed by atoms with van der Waals surface area (Å²) in [6.07, 6.45) is 0.808. The molecule has 2 aromatic rings. The maximum absolute atomic E-state index is 13.4. The summed E-state index contributed by atoms with van der Waals surface area (Å²) in [4.78, 5) is 14.6. The summed E-state index contributed by atoms with van der Waals surface area (Å²) in [5, 5.41) is 8.51. The van der Waals surface area contributed by atoms with E-state index >= 15 is 0 Å². The molecule has 1 aliphatic heterocycles. The van der Waals surface area contributed by atoms with Crippen LogP contribution < -0.4 is 0 Å². The van der Waals surface area contributed by atoms with Crippen molar-refractivity contribution < 1.29 is 9.18 Å². The highest BCUT2D eigenvalue weighted by atomic mass is 19.1. The van der Waals surface area contributed by atoms with Gasteiger partial charge >= 0.3 is 0 Å². The lowest BCUT2D eigenvalue weighted by Crippen LogP contribution is -2.39. The van der Waals surface area contributed by atoms with Crippen LogP contribution in [0.25, 0.3) is 0 Å². The molecule has 126 valence electrons. The third-order valence-electron chi connectivity index (χ3n) is 4.99. The summed E-state index contributed by atoms with van der Waals surface area (Å²) in [5.74, 6) is 2.23. The van der Waals surface area contributed by atoms with Crippen molar-refractivity contribution in [1.82, 2.24) is 19.7 Å². The molecule has 2 heterocycles. The second kappa shape index (κ2) is 5.69. The van der Waals surface area contributed by atoms with Gasteiger partial charge in [-0.2, -0.15) is 0 Å². The Labute approximate surface area is 140 Å². The molecule has 24 heavy (non-hydrogen) atoms. The summed E-state index contributed by atoms with van der Waals surface area (Å²) >= 11 is 0. The maximum atomic E-state index is 13.4. The molecule has 2 atom stereocenters. The summed E-state index contributed by atoms with van der Waals surface area (Å²) in [5.41, 5.74) is 0.927. The number of hydrogen-bond donors (Lipinski definition) is 0. The number of rotatable bonds is 3. The fraction of sp³-hybridized carbons (Fsp3) is 0.500. The van der Waals surface area contributed by atoms with Crippen molar-refractivity contribution in [3.63, 3.8) is 0 Å². The monoisotopic (exact) mass is 328 g/mol. The van der Waals surface area contributed by atoms with Gasteiger partial charge in [0.2, 0.25) is 5.91 Å². The number of halogens is 1. The number of aromatic nitrogens is 3. The summed E-state index contributed by atoms with van der Waals surface area (Å²) in [6, 6.07) is 6.59. The smallest absolute Gasteiger partial charge is 0.226 e. The van der Waals surface area contributed by atoms with Gasteiger partial charge in [0.25, 0.3) is 0 Å². The van der Waals surface area contributed by atoms with Crippen molar-refractivity contribution in [2.45, 2.75) is 45.2 Å². The molecule has 2 aliphatic rings. The largest absolute Gasteiger partial charge is 0.333 e. The standard InChI is InChI=1S/C18H21FN4O/c1-11(2)17-21-20-16-10-22(6-7-23(16)17)18(24)15-9-14(15)12-4-3-5-13(19)8-12/h3-5,8,11,14-15H,6-7,9-10H2,1-2H3/t14-,15-/m0/s1. The minimum Gasteiger partial charge on any atom is -0.333 e. The molecule has 6 heteroatoms. The quantitative estimate of drug-likeness (QED) is 0.870. The van der Waals surface area contributed by atoms with E-state index in [4.69, 9.17) is 0 Å². The lowest BCUT2D eigenvalue weighted by atomic mass is 10.1. The van der Waals surface area contributed by atoms with E-state index in [1.807, 2.05) is 11.0 Å². The van der Waals surface area contributed by atoms with Crippen LogP contribution in [0.4, 0.5) is 4.39 Å². The summed E-state index contributed by atoms with van der Waals surface area (Å²) in [6.45, 7) is 6.16. The number of nitrogens with zero attached hydrogens (tertiary/aromatic N) is 4. The molecule has 0 saturated heterocycles. The van der Waals surface area contributed by atoms with Crippen molar-refractivity contribution in [3.05, 3.63) is 47.3 Å². The van der Waals surface area contributed by atoms with Crippen LogP contribution in [0.3, 0.4) is 0 Å². The topological polar surface area (TPSA) is 51.0 Å². The average Bonchev–Trinajstić information content (AvgIpc) is 3.25. The molecular weight excluding hydrogens is 307 g/mol. The molecule has 4 rings (SSSR count). The molecule has 1 aromatic heterocycles. The first-order chi connectivity index (χ1) is 11.5. The van der Waals surface area contributed by atoms with E-state index in [0.717, 1.165) is 30.2 Å². The highest BCUT2D eigenvalue weighted by Crippen LogP contribution is 2.48. The van der Waals surface area contributed by atoms with Crippen molar-refractivity contribution >= 4 is 5.91 Å². The zero-order chi connectivity index (χ0) is 16.8. The second-order valence-corrected chi connectivity index (χ2v) is 7.04. The number of fused-ring (bicyclic) bond motifs is 1. The number of amides is 1. The molecule has 0 N–H and O–H groups in total. The van der Waals surface area contributed by atoms with E-state index in [9.17, 15) is 9.18 Å². The van der Waals surface area contributed by atoms with Gasteiger partial charge in [-0.05, 0) is 30.0 Å². The average molecular weight is 328 g/mol. The van der Waals surface area contributed by atoms with Crippen molar-refractivity contribution in [2.24, 2.45) is 5.92 Å². The van der Waals surface area contributed by atoms with E-state index in [0.29, 0.717) is 19.0 Å². The Bertz CT molecular complexity index is 785. The van der Waals surface area contributed by atoms with Crippen LogP contribution in [0.5, 0.6) is 0 Å². The molecule has 5 nitrogen and oxygen atoms in total. The Hall–Kier alpha value is -2.24. The van der Waals surface area contributed by atoms with E-state index in [2.05, 4.69) is 28.6 Å². The molecule has 1 amide bonds. The van der Waals surface area contributed by atoms with E-state index in [-0.39, 0.29) is 23.6 Å². The fourth-order valence-electron chi connectivity index (χ4n) is 3.60. The molecule has 0 spiro atoms. The van der Waals surface area contributed by atoms with Crippen molar-refractivity contribution in [2.75, 3.05) is 6.54 Å². The Kier molecular flexibility index (Phi) is 3.62. The molecular formula is C18H21FN4O. The van der Waals surface area contributed by atoms with Gasteiger partial charge in [0, 0.05) is 24.9 Å². The Morgan fingerprint density at radius 1 is 1.29 bits per heavy atom. The highest BCUT2D eigenvalue weighted by molar-refractivity contribution is 5.83. The maximum Gasteiger partial charge on any atom is 0.226 e. The van der Waals surface area contributed by atoms with Crippen LogP contribution in [-0.2, 0) is 17.9 Å². The van der Waals surface area contributed by atoms with E-state index < -0.39 is 0 Å². The molecule has 1 fully saturated rings. The SMILES string of the molecule is CC(C)c1nnc2n1CCN(C(=O)[C@H]1C[C@H]1c1cccc(F)c1)C2. The van der Waals surface area contributed by atoms with Crippen LogP contribution in [-0.4, -0.2) is 32.1 Å². The molecule has 0 radical (unpaired) electrons. The molecule has 1 aromatic carbocycles. The first kappa shape index (κ1) is 15.3. The Morgan fingerprint density at radius 2 is 2.12 bits per heavy atom. The highest BCUT2D eigenvalue weighted by Gasteiger charge is 2.46. The number of hydrogen-bond acceptors (Lipinski definition) is 3. The van der Waals surface area contributed by atoms with Gasteiger partial charge in [-0.15, -0.1) is 10.2 Å². The Balaban J connectivity index is 1.45. The van der Waals surface area contributed by atoms with Crippen LogP contribution in [0.2, 0.25) is 0 Å². The second-order valence-electron chi connectivity index (χ2n) is 7.04.